The van der Waals surface area contributed by atoms with Crippen LogP contribution in [0.1, 0.15) is 56.4 Å². The molecule has 0 bridgehead atoms. The van der Waals surface area contributed by atoms with Crippen LogP contribution in [0.5, 0.6) is 0 Å². The Labute approximate surface area is 209 Å². The van der Waals surface area contributed by atoms with E-state index in [9.17, 15) is 24.0 Å². The number of piperidine rings is 1. The summed E-state index contributed by atoms with van der Waals surface area (Å²) in [6.07, 6.45) is 1.09. The molecule has 0 spiro atoms. The van der Waals surface area contributed by atoms with E-state index < -0.39 is 0 Å². The third-order valence-electron chi connectivity index (χ3n) is 6.58. The number of esters is 1. The smallest absolute Gasteiger partial charge is 0.309 e. The molecule has 1 saturated heterocycles. The predicted molar refractivity (Wildman–Crippen MR) is 130 cm³/mol. The van der Waals surface area contributed by atoms with E-state index in [1.807, 2.05) is 0 Å². The molecule has 9 nitrogen and oxygen atoms in total. The standard InChI is InChI=1S/C27H29N3O6/c1-3-36-27(35)19-11-13-29(14-12-19)23(31)17-28(2)24(32)20-8-6-7-18(15-20)16-30-25(33)21-9-4-5-10-22(21)26(30)34/h4-10,15,19H,3,11-14,16-17H2,1-2H3. The van der Waals surface area contributed by atoms with Crippen molar-refractivity contribution in [3.63, 3.8) is 0 Å². The number of benzene rings is 2. The number of rotatable bonds is 7. The molecule has 2 aromatic rings. The SMILES string of the molecule is CCOC(=O)C1CCN(C(=O)CN(C)C(=O)c2cccc(CN3C(=O)c4ccccc4C3=O)c2)CC1. The number of fused-ring (bicyclic) bond motifs is 1. The third-order valence-corrected chi connectivity index (χ3v) is 6.58. The van der Waals surface area contributed by atoms with Crippen LogP contribution in [0, 0.1) is 5.92 Å². The maximum Gasteiger partial charge on any atom is 0.309 e. The molecule has 4 rings (SSSR count). The number of likely N-dealkylation sites (N-methyl/N-ethyl adjacent to an activating group) is 1. The molecule has 4 amide bonds. The minimum absolute atomic E-state index is 0.0471. The number of hydrogen-bond acceptors (Lipinski definition) is 6. The lowest BCUT2D eigenvalue weighted by Gasteiger charge is -2.32. The first-order valence-electron chi connectivity index (χ1n) is 12.0. The summed E-state index contributed by atoms with van der Waals surface area (Å²) in [6, 6.07) is 13.4. The number of hydrogen-bond donors (Lipinski definition) is 0. The summed E-state index contributed by atoms with van der Waals surface area (Å²) < 4.78 is 5.07. The summed E-state index contributed by atoms with van der Waals surface area (Å²) >= 11 is 0. The van der Waals surface area contributed by atoms with Gasteiger partial charge in [0.1, 0.15) is 0 Å². The van der Waals surface area contributed by atoms with Gasteiger partial charge in [-0.2, -0.15) is 0 Å². The Bertz CT molecular complexity index is 1170. The van der Waals surface area contributed by atoms with Crippen molar-refractivity contribution in [1.29, 1.82) is 0 Å². The summed E-state index contributed by atoms with van der Waals surface area (Å²) in [7, 11) is 1.56. The van der Waals surface area contributed by atoms with Crippen LogP contribution in [0.2, 0.25) is 0 Å². The summed E-state index contributed by atoms with van der Waals surface area (Å²) in [5.74, 6) is -1.66. The van der Waals surface area contributed by atoms with E-state index in [1.54, 1.807) is 67.4 Å². The van der Waals surface area contributed by atoms with Crippen molar-refractivity contribution in [2.75, 3.05) is 33.3 Å². The monoisotopic (exact) mass is 491 g/mol. The number of ether oxygens (including phenoxy) is 1. The second-order valence-corrected chi connectivity index (χ2v) is 9.01. The molecule has 0 unspecified atom stereocenters. The maximum atomic E-state index is 13.0. The first kappa shape index (κ1) is 25.1. The van der Waals surface area contributed by atoms with E-state index in [1.165, 1.54) is 9.80 Å². The average Bonchev–Trinajstić information content (AvgIpc) is 3.13. The second kappa shape index (κ2) is 10.7. The fraction of sp³-hybridized carbons (Fsp3) is 0.370. The Balaban J connectivity index is 1.35. The second-order valence-electron chi connectivity index (χ2n) is 9.01. The van der Waals surface area contributed by atoms with Gasteiger partial charge in [-0.15, -0.1) is 0 Å². The van der Waals surface area contributed by atoms with Crippen molar-refractivity contribution in [1.82, 2.24) is 14.7 Å². The van der Waals surface area contributed by atoms with Crippen molar-refractivity contribution in [3.8, 4) is 0 Å². The summed E-state index contributed by atoms with van der Waals surface area (Å²) in [5, 5.41) is 0. The zero-order valence-electron chi connectivity index (χ0n) is 20.4. The largest absolute Gasteiger partial charge is 0.466 e. The van der Waals surface area contributed by atoms with Gasteiger partial charge in [0.15, 0.2) is 0 Å². The number of carbonyl (C=O) groups is 5. The summed E-state index contributed by atoms with van der Waals surface area (Å²) in [5.41, 5.74) is 1.75. The van der Waals surface area contributed by atoms with Crippen molar-refractivity contribution in [2.24, 2.45) is 5.92 Å². The van der Waals surface area contributed by atoms with Gasteiger partial charge in [-0.3, -0.25) is 28.9 Å². The molecule has 1 fully saturated rings. The van der Waals surface area contributed by atoms with Crippen molar-refractivity contribution < 1.29 is 28.7 Å². The van der Waals surface area contributed by atoms with Crippen LogP contribution in [-0.4, -0.2) is 77.6 Å². The molecular formula is C27H29N3O6. The van der Waals surface area contributed by atoms with E-state index in [-0.39, 0.29) is 48.6 Å². The fourth-order valence-corrected chi connectivity index (χ4v) is 4.59. The average molecular weight is 492 g/mol. The highest BCUT2D eigenvalue weighted by atomic mass is 16.5. The molecule has 0 saturated carbocycles. The van der Waals surface area contributed by atoms with Gasteiger partial charge in [-0.25, -0.2) is 0 Å². The molecule has 188 valence electrons. The number of likely N-dealkylation sites (tertiary alicyclic amines) is 1. The molecule has 36 heavy (non-hydrogen) atoms. The zero-order valence-corrected chi connectivity index (χ0v) is 20.4. The van der Waals surface area contributed by atoms with Crippen LogP contribution in [0.25, 0.3) is 0 Å². The first-order valence-corrected chi connectivity index (χ1v) is 12.0. The van der Waals surface area contributed by atoms with Gasteiger partial charge < -0.3 is 14.5 Å². The molecular weight excluding hydrogens is 462 g/mol. The number of amides is 4. The highest BCUT2D eigenvalue weighted by molar-refractivity contribution is 6.21. The van der Waals surface area contributed by atoms with Crippen LogP contribution in [0.15, 0.2) is 48.5 Å². The van der Waals surface area contributed by atoms with Crippen molar-refractivity contribution >= 4 is 29.6 Å². The lowest BCUT2D eigenvalue weighted by atomic mass is 9.97. The topological polar surface area (TPSA) is 104 Å². The van der Waals surface area contributed by atoms with Crippen LogP contribution in [0.3, 0.4) is 0 Å². The Morgan fingerprint density at radius 1 is 0.972 bits per heavy atom. The molecule has 0 atom stereocenters. The van der Waals surface area contributed by atoms with Gasteiger partial charge in [0.25, 0.3) is 17.7 Å². The van der Waals surface area contributed by atoms with Gasteiger partial charge in [0.2, 0.25) is 5.91 Å². The number of imide groups is 1. The predicted octanol–water partition coefficient (Wildman–Crippen LogP) is 2.36. The van der Waals surface area contributed by atoms with Crippen LogP contribution in [0.4, 0.5) is 0 Å². The van der Waals surface area contributed by atoms with Crippen molar-refractivity contribution in [2.45, 2.75) is 26.3 Å². The summed E-state index contributed by atoms with van der Waals surface area (Å²) in [4.78, 5) is 67.2. The lowest BCUT2D eigenvalue weighted by Crippen LogP contribution is -2.45. The zero-order chi connectivity index (χ0) is 25.8. The quantitative estimate of drug-likeness (QED) is 0.435. The van der Waals surface area contributed by atoms with E-state index in [2.05, 4.69) is 0 Å². The van der Waals surface area contributed by atoms with E-state index in [4.69, 9.17) is 4.74 Å². The fourth-order valence-electron chi connectivity index (χ4n) is 4.59. The van der Waals surface area contributed by atoms with Crippen LogP contribution >= 0.6 is 0 Å². The lowest BCUT2D eigenvalue weighted by molar-refractivity contribution is -0.151. The Hall–Kier alpha value is -4.01. The van der Waals surface area contributed by atoms with Gasteiger partial charge in [-0.05, 0) is 49.6 Å². The van der Waals surface area contributed by atoms with Gasteiger partial charge in [-0.1, -0.05) is 24.3 Å². The molecule has 9 heteroatoms. The minimum Gasteiger partial charge on any atom is -0.466 e. The molecule has 2 heterocycles. The molecule has 0 aromatic heterocycles. The Morgan fingerprint density at radius 3 is 2.22 bits per heavy atom. The molecule has 0 aliphatic carbocycles. The minimum atomic E-state index is -0.359. The highest BCUT2D eigenvalue weighted by Crippen LogP contribution is 2.24. The van der Waals surface area contributed by atoms with Crippen molar-refractivity contribution in [3.05, 3.63) is 70.8 Å². The Kier molecular flexibility index (Phi) is 7.47. The number of nitrogens with zero attached hydrogens (tertiary/aromatic N) is 3. The third kappa shape index (κ3) is 5.15. The Morgan fingerprint density at radius 2 is 1.61 bits per heavy atom. The van der Waals surface area contributed by atoms with Gasteiger partial charge in [0.05, 0.1) is 36.7 Å². The molecule has 0 radical (unpaired) electrons. The maximum absolute atomic E-state index is 13.0. The molecule has 2 aliphatic heterocycles. The molecule has 2 aromatic carbocycles. The normalized spacial score (nSPS) is 15.6. The molecule has 0 N–H and O–H groups in total. The van der Waals surface area contributed by atoms with E-state index in [0.717, 1.165) is 0 Å². The van der Waals surface area contributed by atoms with Gasteiger partial charge >= 0.3 is 5.97 Å². The molecule has 2 aliphatic rings. The van der Waals surface area contributed by atoms with Crippen LogP contribution < -0.4 is 0 Å². The first-order chi connectivity index (χ1) is 17.3. The number of carbonyl (C=O) groups excluding carboxylic acids is 5. The van der Waals surface area contributed by atoms with E-state index >= 15 is 0 Å². The van der Waals surface area contributed by atoms with Gasteiger partial charge in [0, 0.05) is 25.7 Å². The summed E-state index contributed by atoms with van der Waals surface area (Å²) in [6.45, 7) is 2.95. The van der Waals surface area contributed by atoms with Crippen LogP contribution in [-0.2, 0) is 20.9 Å². The van der Waals surface area contributed by atoms with E-state index in [0.29, 0.717) is 54.8 Å². The highest BCUT2D eigenvalue weighted by Gasteiger charge is 2.35.